The Kier molecular flexibility index (Phi) is 3.40. The number of aliphatic hydroxyl groups is 1. The van der Waals surface area contributed by atoms with Gasteiger partial charge in [0.2, 0.25) is 5.95 Å². The first-order valence-corrected chi connectivity index (χ1v) is 8.94. The van der Waals surface area contributed by atoms with Crippen molar-refractivity contribution >= 4 is 5.95 Å². The number of rotatable bonds is 2. The van der Waals surface area contributed by atoms with E-state index in [2.05, 4.69) is 18.7 Å². The van der Waals surface area contributed by atoms with Crippen LogP contribution in [0.1, 0.15) is 56.0 Å². The van der Waals surface area contributed by atoms with E-state index in [9.17, 15) is 5.11 Å². The van der Waals surface area contributed by atoms with Gasteiger partial charge in [0.05, 0.1) is 5.60 Å². The topological polar surface area (TPSA) is 49.2 Å². The van der Waals surface area contributed by atoms with E-state index in [1.165, 1.54) is 24.1 Å². The minimum Gasteiger partial charge on any atom is -0.390 e. The van der Waals surface area contributed by atoms with Crippen molar-refractivity contribution in [1.82, 2.24) is 9.97 Å². The molecule has 2 fully saturated rings. The monoisotopic (exact) mass is 301 g/mol. The predicted octanol–water partition coefficient (Wildman–Crippen LogP) is 2.65. The average molecular weight is 301 g/mol. The standard InChI is InChI=1S/C18H27N3O/c1-3-18(22)9-5-6-13-10-21(11-15(13)18)17-19-12(2)14-7-4-8-16(14)20-17/h13,15,22H,3-11H2,1-2H3/t13-,15+,18-/m0/s1. The average Bonchev–Trinajstić information content (AvgIpc) is 3.14. The fourth-order valence-electron chi connectivity index (χ4n) is 4.98. The minimum atomic E-state index is -0.469. The molecule has 2 aliphatic carbocycles. The third-order valence-corrected chi connectivity index (χ3v) is 6.34. The lowest BCUT2D eigenvalue weighted by molar-refractivity contribution is -0.0597. The number of aromatic nitrogens is 2. The summed E-state index contributed by atoms with van der Waals surface area (Å²) in [5.41, 5.74) is 3.34. The normalized spacial score (nSPS) is 33.9. The van der Waals surface area contributed by atoms with Crippen molar-refractivity contribution in [2.24, 2.45) is 11.8 Å². The third kappa shape index (κ3) is 2.15. The Bertz CT molecular complexity index is 588. The molecule has 4 rings (SSSR count). The Morgan fingerprint density at radius 1 is 1.23 bits per heavy atom. The van der Waals surface area contributed by atoms with Crippen molar-refractivity contribution in [3.8, 4) is 0 Å². The first-order chi connectivity index (χ1) is 10.6. The summed E-state index contributed by atoms with van der Waals surface area (Å²) < 4.78 is 0. The van der Waals surface area contributed by atoms with Crippen molar-refractivity contribution < 1.29 is 5.11 Å². The van der Waals surface area contributed by atoms with E-state index in [0.717, 1.165) is 56.8 Å². The number of hydrogen-bond donors (Lipinski definition) is 1. The number of fused-ring (bicyclic) bond motifs is 2. The second kappa shape index (κ2) is 5.19. The molecule has 0 aromatic carbocycles. The molecule has 0 unspecified atom stereocenters. The SMILES string of the molecule is CC[C@]1(O)CCC[C@H]2CN(c3nc(C)c4c(n3)CCC4)C[C@H]21. The summed E-state index contributed by atoms with van der Waals surface area (Å²) in [6.45, 7) is 6.19. The molecule has 1 aliphatic heterocycles. The largest absolute Gasteiger partial charge is 0.390 e. The maximum absolute atomic E-state index is 11.0. The van der Waals surface area contributed by atoms with E-state index < -0.39 is 5.60 Å². The highest BCUT2D eigenvalue weighted by Gasteiger charge is 2.48. The fraction of sp³-hybridized carbons (Fsp3) is 0.778. The van der Waals surface area contributed by atoms with Gasteiger partial charge in [-0.3, -0.25) is 0 Å². The number of hydrogen-bond acceptors (Lipinski definition) is 4. The first-order valence-electron chi connectivity index (χ1n) is 8.94. The molecule has 1 N–H and O–H groups in total. The highest BCUT2D eigenvalue weighted by Crippen LogP contribution is 2.45. The lowest BCUT2D eigenvalue weighted by Gasteiger charge is -2.40. The summed E-state index contributed by atoms with van der Waals surface area (Å²) in [5.74, 6) is 1.91. The summed E-state index contributed by atoms with van der Waals surface area (Å²) >= 11 is 0. The zero-order valence-corrected chi connectivity index (χ0v) is 13.8. The minimum absolute atomic E-state index is 0.392. The van der Waals surface area contributed by atoms with Crippen molar-refractivity contribution in [1.29, 1.82) is 0 Å². The Balaban J connectivity index is 1.62. The molecule has 4 heteroatoms. The van der Waals surface area contributed by atoms with Crippen molar-refractivity contribution in [2.45, 2.75) is 64.4 Å². The summed E-state index contributed by atoms with van der Waals surface area (Å²) in [6.07, 6.45) is 7.69. The highest BCUT2D eigenvalue weighted by atomic mass is 16.3. The number of anilines is 1. The van der Waals surface area contributed by atoms with E-state index in [0.29, 0.717) is 11.8 Å². The van der Waals surface area contributed by atoms with Gasteiger partial charge in [0.15, 0.2) is 0 Å². The van der Waals surface area contributed by atoms with Gasteiger partial charge in [0.25, 0.3) is 0 Å². The van der Waals surface area contributed by atoms with Crippen LogP contribution in [-0.2, 0) is 12.8 Å². The van der Waals surface area contributed by atoms with Crippen LogP contribution in [0.25, 0.3) is 0 Å². The van der Waals surface area contributed by atoms with Crippen LogP contribution in [0.15, 0.2) is 0 Å². The van der Waals surface area contributed by atoms with Crippen LogP contribution in [-0.4, -0.2) is 33.8 Å². The van der Waals surface area contributed by atoms with Gasteiger partial charge in [-0.25, -0.2) is 9.97 Å². The first kappa shape index (κ1) is 14.4. The third-order valence-electron chi connectivity index (χ3n) is 6.34. The molecule has 4 nitrogen and oxygen atoms in total. The van der Waals surface area contributed by atoms with Crippen LogP contribution in [0.3, 0.4) is 0 Å². The van der Waals surface area contributed by atoms with Gasteiger partial charge in [-0.1, -0.05) is 13.3 Å². The molecule has 0 radical (unpaired) electrons. The van der Waals surface area contributed by atoms with E-state index in [1.54, 1.807) is 0 Å². The van der Waals surface area contributed by atoms with Gasteiger partial charge in [-0.05, 0) is 56.9 Å². The Morgan fingerprint density at radius 2 is 2.09 bits per heavy atom. The summed E-state index contributed by atoms with van der Waals surface area (Å²) in [5, 5.41) is 11.0. The van der Waals surface area contributed by atoms with Gasteiger partial charge < -0.3 is 10.0 Å². The van der Waals surface area contributed by atoms with Crippen LogP contribution in [0.4, 0.5) is 5.95 Å². The second-order valence-electron chi connectivity index (χ2n) is 7.51. The molecular formula is C18H27N3O. The Morgan fingerprint density at radius 3 is 2.91 bits per heavy atom. The number of aryl methyl sites for hydroxylation is 2. The van der Waals surface area contributed by atoms with Gasteiger partial charge in [0, 0.05) is 30.4 Å². The fourth-order valence-corrected chi connectivity index (χ4v) is 4.98. The van der Waals surface area contributed by atoms with Gasteiger partial charge in [-0.2, -0.15) is 0 Å². The molecule has 0 bridgehead atoms. The molecule has 120 valence electrons. The van der Waals surface area contributed by atoms with Gasteiger partial charge in [-0.15, -0.1) is 0 Å². The zero-order valence-electron chi connectivity index (χ0n) is 13.8. The second-order valence-corrected chi connectivity index (χ2v) is 7.51. The molecular weight excluding hydrogens is 274 g/mol. The summed E-state index contributed by atoms with van der Waals surface area (Å²) in [4.78, 5) is 12.0. The van der Waals surface area contributed by atoms with Gasteiger partial charge in [0.1, 0.15) is 0 Å². The van der Waals surface area contributed by atoms with Crippen molar-refractivity contribution in [3.05, 3.63) is 17.0 Å². The maximum Gasteiger partial charge on any atom is 0.225 e. The zero-order chi connectivity index (χ0) is 15.3. The van der Waals surface area contributed by atoms with E-state index >= 15 is 0 Å². The van der Waals surface area contributed by atoms with Crippen LogP contribution in [0.5, 0.6) is 0 Å². The lowest BCUT2D eigenvalue weighted by atomic mass is 9.69. The van der Waals surface area contributed by atoms with Crippen LogP contribution in [0, 0.1) is 18.8 Å². The molecule has 3 aliphatic rings. The van der Waals surface area contributed by atoms with Crippen LogP contribution < -0.4 is 4.90 Å². The molecule has 1 saturated carbocycles. The molecule has 1 saturated heterocycles. The highest BCUT2D eigenvalue weighted by molar-refractivity contribution is 5.40. The molecule has 3 atom stereocenters. The predicted molar refractivity (Wildman–Crippen MR) is 87.1 cm³/mol. The molecule has 22 heavy (non-hydrogen) atoms. The molecule has 0 spiro atoms. The Labute approximate surface area is 133 Å². The molecule has 1 aromatic rings. The van der Waals surface area contributed by atoms with Crippen LogP contribution in [0.2, 0.25) is 0 Å². The molecule has 0 amide bonds. The Hall–Kier alpha value is -1.16. The molecule has 2 heterocycles. The van der Waals surface area contributed by atoms with Crippen LogP contribution >= 0.6 is 0 Å². The van der Waals surface area contributed by atoms with Crippen molar-refractivity contribution in [3.63, 3.8) is 0 Å². The summed E-state index contributed by atoms with van der Waals surface area (Å²) in [6, 6.07) is 0. The lowest BCUT2D eigenvalue weighted by Crippen LogP contribution is -2.44. The summed E-state index contributed by atoms with van der Waals surface area (Å²) in [7, 11) is 0. The maximum atomic E-state index is 11.0. The van der Waals surface area contributed by atoms with E-state index in [-0.39, 0.29) is 0 Å². The quantitative estimate of drug-likeness (QED) is 0.912. The van der Waals surface area contributed by atoms with E-state index in [1.807, 2.05) is 0 Å². The van der Waals surface area contributed by atoms with Gasteiger partial charge >= 0.3 is 0 Å². The van der Waals surface area contributed by atoms with E-state index in [4.69, 9.17) is 9.97 Å². The molecule has 1 aromatic heterocycles. The smallest absolute Gasteiger partial charge is 0.225 e. The van der Waals surface area contributed by atoms with Crippen molar-refractivity contribution in [2.75, 3.05) is 18.0 Å². The number of nitrogens with zero attached hydrogens (tertiary/aromatic N) is 3.